The van der Waals surface area contributed by atoms with E-state index in [0.717, 1.165) is 40.9 Å². The molecule has 5 rings (SSSR count). The standard InChI is InChI=1S/C18H21NO/c1-19-18(14-9-10-4-2-3-5-13(10)20-14)17-15-11-6-7-12(8-11)16(15)17/h2-5,9,11-12,15-19H,6-8H2,1H3. The quantitative estimate of drug-likeness (QED) is 0.909. The van der Waals surface area contributed by atoms with Crippen molar-refractivity contribution < 1.29 is 4.42 Å². The number of rotatable bonds is 3. The number of furan rings is 1. The van der Waals surface area contributed by atoms with Crippen molar-refractivity contribution in [3.05, 3.63) is 36.1 Å². The lowest BCUT2D eigenvalue weighted by molar-refractivity contribution is 0.345. The van der Waals surface area contributed by atoms with Gasteiger partial charge in [0.15, 0.2) is 0 Å². The molecule has 2 bridgehead atoms. The summed E-state index contributed by atoms with van der Waals surface area (Å²) < 4.78 is 6.12. The minimum absolute atomic E-state index is 0.417. The van der Waals surface area contributed by atoms with Crippen molar-refractivity contribution in [1.82, 2.24) is 5.32 Å². The lowest BCUT2D eigenvalue weighted by atomic mass is 9.96. The Kier molecular flexibility index (Phi) is 2.21. The summed E-state index contributed by atoms with van der Waals surface area (Å²) in [4.78, 5) is 0. The van der Waals surface area contributed by atoms with Crippen LogP contribution in [0.1, 0.15) is 31.1 Å². The molecule has 0 radical (unpaired) electrons. The van der Waals surface area contributed by atoms with Gasteiger partial charge in [0, 0.05) is 5.39 Å². The topological polar surface area (TPSA) is 25.2 Å². The largest absolute Gasteiger partial charge is 0.459 e. The summed E-state index contributed by atoms with van der Waals surface area (Å²) in [6.45, 7) is 0. The van der Waals surface area contributed by atoms with Gasteiger partial charge in [-0.3, -0.25) is 0 Å². The van der Waals surface area contributed by atoms with Crippen LogP contribution < -0.4 is 5.32 Å². The summed E-state index contributed by atoms with van der Waals surface area (Å²) in [6.07, 6.45) is 4.49. The molecule has 0 aliphatic heterocycles. The van der Waals surface area contributed by atoms with Gasteiger partial charge in [-0.2, -0.15) is 0 Å². The molecule has 2 aromatic rings. The Morgan fingerprint density at radius 3 is 2.60 bits per heavy atom. The average Bonchev–Trinajstić information content (AvgIpc) is 2.86. The van der Waals surface area contributed by atoms with Gasteiger partial charge in [0.1, 0.15) is 11.3 Å². The third kappa shape index (κ3) is 1.38. The number of hydrogen-bond donors (Lipinski definition) is 1. The highest BCUT2D eigenvalue weighted by Gasteiger charge is 2.67. The second-order valence-corrected chi connectivity index (χ2v) is 7.02. The Labute approximate surface area is 119 Å². The monoisotopic (exact) mass is 267 g/mol. The molecule has 3 aliphatic carbocycles. The molecule has 1 N–H and O–H groups in total. The summed E-state index contributed by atoms with van der Waals surface area (Å²) >= 11 is 0. The lowest BCUT2D eigenvalue weighted by Gasteiger charge is -2.17. The molecular weight excluding hydrogens is 246 g/mol. The molecule has 0 spiro atoms. The molecule has 1 aromatic carbocycles. The van der Waals surface area contributed by atoms with Crippen LogP contribution in [-0.4, -0.2) is 7.05 Å². The first kappa shape index (κ1) is 11.4. The van der Waals surface area contributed by atoms with E-state index in [1.807, 2.05) is 0 Å². The van der Waals surface area contributed by atoms with Crippen molar-refractivity contribution in [1.29, 1.82) is 0 Å². The van der Waals surface area contributed by atoms with Gasteiger partial charge >= 0.3 is 0 Å². The third-order valence-corrected chi connectivity index (χ3v) is 6.24. The van der Waals surface area contributed by atoms with E-state index in [9.17, 15) is 0 Å². The fourth-order valence-corrected chi connectivity index (χ4v) is 5.52. The minimum Gasteiger partial charge on any atom is -0.459 e. The van der Waals surface area contributed by atoms with Gasteiger partial charge in [-0.15, -0.1) is 0 Å². The molecule has 1 heterocycles. The molecule has 3 aliphatic rings. The predicted molar refractivity (Wildman–Crippen MR) is 79.3 cm³/mol. The Hall–Kier alpha value is -1.28. The molecule has 5 atom stereocenters. The number of hydrogen-bond acceptors (Lipinski definition) is 2. The van der Waals surface area contributed by atoms with Crippen molar-refractivity contribution in [2.24, 2.45) is 29.6 Å². The zero-order chi connectivity index (χ0) is 13.3. The van der Waals surface area contributed by atoms with Crippen molar-refractivity contribution in [2.75, 3.05) is 7.05 Å². The Morgan fingerprint density at radius 1 is 1.15 bits per heavy atom. The van der Waals surface area contributed by atoms with Crippen molar-refractivity contribution in [3.8, 4) is 0 Å². The highest BCUT2D eigenvalue weighted by molar-refractivity contribution is 5.77. The van der Waals surface area contributed by atoms with Crippen LogP contribution >= 0.6 is 0 Å². The summed E-state index contributed by atoms with van der Waals surface area (Å²) in [7, 11) is 2.09. The van der Waals surface area contributed by atoms with Crippen LogP contribution in [0.15, 0.2) is 34.7 Å². The van der Waals surface area contributed by atoms with Gasteiger partial charge in [0.2, 0.25) is 0 Å². The highest BCUT2D eigenvalue weighted by atomic mass is 16.3. The molecule has 2 heteroatoms. The zero-order valence-corrected chi connectivity index (χ0v) is 11.9. The maximum absolute atomic E-state index is 6.12. The van der Waals surface area contributed by atoms with E-state index < -0.39 is 0 Å². The Balaban J connectivity index is 1.49. The third-order valence-electron chi connectivity index (χ3n) is 6.24. The summed E-state index contributed by atoms with van der Waals surface area (Å²) in [5.41, 5.74) is 1.02. The van der Waals surface area contributed by atoms with E-state index in [1.54, 1.807) is 0 Å². The normalized spacial score (nSPS) is 39.1. The fourth-order valence-electron chi connectivity index (χ4n) is 5.52. The minimum atomic E-state index is 0.417. The molecule has 3 saturated carbocycles. The fraction of sp³-hybridized carbons (Fsp3) is 0.556. The van der Waals surface area contributed by atoms with E-state index in [4.69, 9.17) is 4.42 Å². The van der Waals surface area contributed by atoms with Gasteiger partial charge in [-0.05, 0) is 68.0 Å². The van der Waals surface area contributed by atoms with Crippen LogP contribution in [0, 0.1) is 29.6 Å². The van der Waals surface area contributed by atoms with Crippen LogP contribution in [0.2, 0.25) is 0 Å². The predicted octanol–water partition coefficient (Wildman–Crippen LogP) is 3.99. The maximum Gasteiger partial charge on any atom is 0.134 e. The second-order valence-electron chi connectivity index (χ2n) is 7.02. The second kappa shape index (κ2) is 3.88. The van der Waals surface area contributed by atoms with Gasteiger partial charge in [0.25, 0.3) is 0 Å². The number of fused-ring (bicyclic) bond motifs is 6. The van der Waals surface area contributed by atoms with Crippen LogP contribution in [0.5, 0.6) is 0 Å². The van der Waals surface area contributed by atoms with Gasteiger partial charge in [-0.25, -0.2) is 0 Å². The SMILES string of the molecule is CNC(c1cc2ccccc2o1)C1C2C3CCC(C3)C21. The number of para-hydroxylation sites is 1. The van der Waals surface area contributed by atoms with Crippen molar-refractivity contribution in [2.45, 2.75) is 25.3 Å². The summed E-state index contributed by atoms with van der Waals surface area (Å²) in [5, 5.41) is 4.78. The van der Waals surface area contributed by atoms with Gasteiger partial charge < -0.3 is 9.73 Å². The summed E-state index contributed by atoms with van der Waals surface area (Å²) in [6, 6.07) is 11.0. The van der Waals surface area contributed by atoms with Crippen molar-refractivity contribution >= 4 is 11.0 Å². The maximum atomic E-state index is 6.12. The lowest BCUT2D eigenvalue weighted by Crippen LogP contribution is -2.21. The molecule has 1 aromatic heterocycles. The van der Waals surface area contributed by atoms with Gasteiger partial charge in [0.05, 0.1) is 6.04 Å². The Bertz CT molecular complexity index is 611. The van der Waals surface area contributed by atoms with Crippen LogP contribution in [0.4, 0.5) is 0 Å². The molecule has 3 fully saturated rings. The molecule has 0 amide bonds. The first-order valence-electron chi connectivity index (χ1n) is 8.02. The number of nitrogens with one attached hydrogen (secondary N) is 1. The van der Waals surface area contributed by atoms with E-state index in [2.05, 4.69) is 42.7 Å². The van der Waals surface area contributed by atoms with Crippen molar-refractivity contribution in [3.63, 3.8) is 0 Å². The molecule has 0 saturated heterocycles. The molecule has 20 heavy (non-hydrogen) atoms. The molecular formula is C18H21NO. The van der Waals surface area contributed by atoms with E-state index in [-0.39, 0.29) is 0 Å². The zero-order valence-electron chi connectivity index (χ0n) is 11.9. The molecule has 2 nitrogen and oxygen atoms in total. The first-order valence-corrected chi connectivity index (χ1v) is 8.02. The number of benzene rings is 1. The van der Waals surface area contributed by atoms with E-state index in [0.29, 0.717) is 6.04 Å². The van der Waals surface area contributed by atoms with Crippen LogP contribution in [0.25, 0.3) is 11.0 Å². The first-order chi connectivity index (χ1) is 9.86. The molecule has 5 unspecified atom stereocenters. The van der Waals surface area contributed by atoms with E-state index >= 15 is 0 Å². The Morgan fingerprint density at radius 2 is 1.90 bits per heavy atom. The van der Waals surface area contributed by atoms with Gasteiger partial charge in [-0.1, -0.05) is 18.2 Å². The van der Waals surface area contributed by atoms with E-state index in [1.165, 1.54) is 24.6 Å². The van der Waals surface area contributed by atoms with Crippen LogP contribution in [-0.2, 0) is 0 Å². The van der Waals surface area contributed by atoms with Crippen LogP contribution in [0.3, 0.4) is 0 Å². The smallest absolute Gasteiger partial charge is 0.134 e. The highest BCUT2D eigenvalue weighted by Crippen LogP contribution is 2.72. The molecule has 104 valence electrons. The summed E-state index contributed by atoms with van der Waals surface area (Å²) in [5.74, 6) is 5.99. The average molecular weight is 267 g/mol.